The fourth-order valence-electron chi connectivity index (χ4n) is 2.29. The van der Waals surface area contributed by atoms with Crippen LogP contribution in [-0.4, -0.2) is 31.6 Å². The van der Waals surface area contributed by atoms with Crippen molar-refractivity contribution in [2.45, 2.75) is 13.0 Å². The average molecular weight is 410 g/mol. The number of carbonyl (C=O) groups excluding carboxylic acids is 3. The third-order valence-corrected chi connectivity index (χ3v) is 4.24. The van der Waals surface area contributed by atoms with E-state index in [9.17, 15) is 14.4 Å². The molecule has 8 heteroatoms. The fourth-order valence-corrected chi connectivity index (χ4v) is 2.86. The van der Waals surface area contributed by atoms with E-state index >= 15 is 0 Å². The van der Waals surface area contributed by atoms with E-state index in [1.807, 2.05) is 0 Å². The first-order valence-electron chi connectivity index (χ1n) is 7.91. The Hall–Kier alpha value is -2.57. The highest BCUT2D eigenvalue weighted by molar-refractivity contribution is 6.35. The number of nitrogens with one attached hydrogen (secondary N) is 1. The summed E-state index contributed by atoms with van der Waals surface area (Å²) in [5.41, 5.74) is 1.21. The first-order valence-corrected chi connectivity index (χ1v) is 8.67. The molecule has 0 aliphatic heterocycles. The third kappa shape index (κ3) is 5.70. The number of halogens is 2. The molecule has 0 fully saturated rings. The molecule has 0 saturated carbocycles. The lowest BCUT2D eigenvalue weighted by Crippen LogP contribution is -2.31. The first-order chi connectivity index (χ1) is 12.8. The van der Waals surface area contributed by atoms with E-state index in [0.717, 1.165) is 0 Å². The molecule has 1 amide bonds. The van der Waals surface area contributed by atoms with Crippen LogP contribution in [0.2, 0.25) is 10.0 Å². The highest BCUT2D eigenvalue weighted by Crippen LogP contribution is 2.26. The maximum atomic E-state index is 12.0. The van der Waals surface area contributed by atoms with Crippen LogP contribution in [0.1, 0.15) is 39.2 Å². The van der Waals surface area contributed by atoms with Crippen LogP contribution in [-0.2, 0) is 14.3 Å². The Kier molecular flexibility index (Phi) is 7.21. The molecule has 0 aliphatic carbocycles. The summed E-state index contributed by atoms with van der Waals surface area (Å²) in [6, 6.07) is 10.3. The minimum Gasteiger partial charge on any atom is -0.465 e. The lowest BCUT2D eigenvalue weighted by atomic mass is 10.1. The minimum absolute atomic E-state index is 0.212. The Balaban J connectivity index is 1.89. The molecule has 0 heterocycles. The zero-order valence-electron chi connectivity index (χ0n) is 14.6. The minimum atomic E-state index is -0.682. The second kappa shape index (κ2) is 9.39. The van der Waals surface area contributed by atoms with Gasteiger partial charge in [-0.3, -0.25) is 4.79 Å². The topological polar surface area (TPSA) is 81.7 Å². The van der Waals surface area contributed by atoms with Gasteiger partial charge in [0.15, 0.2) is 6.61 Å². The van der Waals surface area contributed by atoms with E-state index in [4.69, 9.17) is 27.9 Å². The van der Waals surface area contributed by atoms with Gasteiger partial charge in [-0.1, -0.05) is 29.3 Å². The molecule has 6 nitrogen and oxygen atoms in total. The van der Waals surface area contributed by atoms with Crippen LogP contribution in [0.15, 0.2) is 42.5 Å². The van der Waals surface area contributed by atoms with Crippen molar-refractivity contribution in [3.63, 3.8) is 0 Å². The summed E-state index contributed by atoms with van der Waals surface area (Å²) in [6.07, 6.45) is 0. The molecule has 2 aromatic rings. The molecule has 0 radical (unpaired) electrons. The summed E-state index contributed by atoms with van der Waals surface area (Å²) in [6.45, 7) is 1.30. The molecule has 0 aromatic heterocycles. The summed E-state index contributed by atoms with van der Waals surface area (Å²) in [4.78, 5) is 35.4. The van der Waals surface area contributed by atoms with Gasteiger partial charge in [-0.25, -0.2) is 9.59 Å². The standard InChI is InChI=1S/C19H17Cl2NO5/c1-11(15-8-7-14(20)9-16(15)21)22-17(23)10-27-19(25)13-5-3-12(4-6-13)18(24)26-2/h3-9,11H,10H2,1-2H3,(H,22,23). The monoisotopic (exact) mass is 409 g/mol. The van der Waals surface area contributed by atoms with Crippen molar-refractivity contribution in [3.8, 4) is 0 Å². The molecule has 2 rings (SSSR count). The number of hydrogen-bond acceptors (Lipinski definition) is 5. The Morgan fingerprint density at radius 1 is 1.00 bits per heavy atom. The zero-order chi connectivity index (χ0) is 20.0. The van der Waals surface area contributed by atoms with Gasteiger partial charge in [0.2, 0.25) is 0 Å². The number of esters is 2. The molecule has 1 atom stereocenters. The van der Waals surface area contributed by atoms with E-state index in [1.54, 1.807) is 25.1 Å². The summed E-state index contributed by atoms with van der Waals surface area (Å²) in [5, 5.41) is 3.61. The number of carbonyl (C=O) groups is 3. The van der Waals surface area contributed by atoms with Crippen LogP contribution in [0.4, 0.5) is 0 Å². The van der Waals surface area contributed by atoms with Gasteiger partial charge in [-0.2, -0.15) is 0 Å². The molecular weight excluding hydrogens is 393 g/mol. The van der Waals surface area contributed by atoms with Gasteiger partial charge in [-0.15, -0.1) is 0 Å². The Labute approximate surface area is 166 Å². The van der Waals surface area contributed by atoms with Crippen molar-refractivity contribution < 1.29 is 23.9 Å². The maximum Gasteiger partial charge on any atom is 0.338 e. The highest BCUT2D eigenvalue weighted by Gasteiger charge is 2.15. The average Bonchev–Trinajstić information content (AvgIpc) is 2.65. The summed E-state index contributed by atoms with van der Waals surface area (Å²) >= 11 is 12.0. The molecule has 2 aromatic carbocycles. The van der Waals surface area contributed by atoms with Crippen LogP contribution >= 0.6 is 23.2 Å². The van der Waals surface area contributed by atoms with Gasteiger partial charge in [0.05, 0.1) is 24.3 Å². The van der Waals surface area contributed by atoms with Crippen molar-refractivity contribution in [1.29, 1.82) is 0 Å². The lowest BCUT2D eigenvalue weighted by molar-refractivity contribution is -0.124. The van der Waals surface area contributed by atoms with Crippen LogP contribution in [0.3, 0.4) is 0 Å². The van der Waals surface area contributed by atoms with Gasteiger partial charge in [0.25, 0.3) is 5.91 Å². The van der Waals surface area contributed by atoms with Gasteiger partial charge in [0.1, 0.15) is 0 Å². The number of amides is 1. The van der Waals surface area contributed by atoms with E-state index in [0.29, 0.717) is 21.2 Å². The molecule has 1 N–H and O–H groups in total. The van der Waals surface area contributed by atoms with Crippen molar-refractivity contribution in [3.05, 3.63) is 69.2 Å². The SMILES string of the molecule is COC(=O)c1ccc(C(=O)OCC(=O)NC(C)c2ccc(Cl)cc2Cl)cc1. The number of hydrogen-bond donors (Lipinski definition) is 1. The number of benzene rings is 2. The van der Waals surface area contributed by atoms with Crippen molar-refractivity contribution in [2.75, 3.05) is 13.7 Å². The molecule has 142 valence electrons. The van der Waals surface area contributed by atoms with Gasteiger partial charge in [-0.05, 0) is 48.9 Å². The van der Waals surface area contributed by atoms with Crippen LogP contribution in [0.5, 0.6) is 0 Å². The predicted molar refractivity (Wildman–Crippen MR) is 101 cm³/mol. The lowest BCUT2D eigenvalue weighted by Gasteiger charge is -2.16. The van der Waals surface area contributed by atoms with Crippen LogP contribution < -0.4 is 5.32 Å². The molecule has 0 bridgehead atoms. The van der Waals surface area contributed by atoms with Crippen molar-refractivity contribution in [1.82, 2.24) is 5.32 Å². The molecule has 0 saturated heterocycles. The Morgan fingerprint density at radius 2 is 1.59 bits per heavy atom. The van der Waals surface area contributed by atoms with Gasteiger partial charge < -0.3 is 14.8 Å². The fraction of sp³-hybridized carbons (Fsp3) is 0.211. The zero-order valence-corrected chi connectivity index (χ0v) is 16.1. The summed E-state index contributed by atoms with van der Waals surface area (Å²) in [7, 11) is 1.27. The molecule has 0 aliphatic rings. The second-order valence-corrected chi connectivity index (χ2v) is 6.44. The van der Waals surface area contributed by atoms with Crippen LogP contribution in [0, 0.1) is 0 Å². The predicted octanol–water partition coefficient (Wildman–Crippen LogP) is 3.81. The third-order valence-electron chi connectivity index (χ3n) is 3.68. The number of methoxy groups -OCH3 is 1. The maximum absolute atomic E-state index is 12.0. The Bertz CT molecular complexity index is 852. The molecule has 27 heavy (non-hydrogen) atoms. The van der Waals surface area contributed by atoms with Crippen molar-refractivity contribution >= 4 is 41.0 Å². The summed E-state index contributed by atoms with van der Waals surface area (Å²) < 4.78 is 9.56. The normalized spacial score (nSPS) is 11.4. The molecule has 1 unspecified atom stereocenters. The largest absolute Gasteiger partial charge is 0.465 e. The first kappa shape index (κ1) is 20.7. The Morgan fingerprint density at radius 3 is 2.15 bits per heavy atom. The van der Waals surface area contributed by atoms with Gasteiger partial charge >= 0.3 is 11.9 Å². The van der Waals surface area contributed by atoms with Gasteiger partial charge in [0, 0.05) is 10.0 Å². The summed E-state index contributed by atoms with van der Waals surface area (Å²) in [5.74, 6) is -1.67. The quantitative estimate of drug-likeness (QED) is 0.733. The van der Waals surface area contributed by atoms with E-state index in [2.05, 4.69) is 10.1 Å². The second-order valence-electron chi connectivity index (χ2n) is 5.60. The molecular formula is C19H17Cl2NO5. The smallest absolute Gasteiger partial charge is 0.338 e. The van der Waals surface area contributed by atoms with E-state index < -0.39 is 24.5 Å². The highest BCUT2D eigenvalue weighted by atomic mass is 35.5. The molecule has 0 spiro atoms. The van der Waals surface area contributed by atoms with Crippen LogP contribution in [0.25, 0.3) is 0 Å². The van der Waals surface area contributed by atoms with E-state index in [1.165, 1.54) is 31.4 Å². The van der Waals surface area contributed by atoms with E-state index in [-0.39, 0.29) is 11.6 Å². The van der Waals surface area contributed by atoms with Crippen molar-refractivity contribution in [2.24, 2.45) is 0 Å². The number of rotatable bonds is 6. The number of ether oxygens (including phenoxy) is 2.